The molecule has 0 saturated carbocycles. The van der Waals surface area contributed by atoms with Gasteiger partial charge in [0, 0.05) is 24.6 Å². The summed E-state index contributed by atoms with van der Waals surface area (Å²) in [6, 6.07) is 10.1. The van der Waals surface area contributed by atoms with Crippen LogP contribution in [-0.4, -0.2) is 20.2 Å². The fourth-order valence-electron chi connectivity index (χ4n) is 2.13. The molecule has 3 aromatic rings. The van der Waals surface area contributed by atoms with Crippen molar-refractivity contribution in [2.45, 2.75) is 20.4 Å². The third-order valence-corrected chi connectivity index (χ3v) is 3.39. The van der Waals surface area contributed by atoms with E-state index in [1.807, 2.05) is 12.1 Å². The minimum absolute atomic E-state index is 0.476. The van der Waals surface area contributed by atoms with Crippen LogP contribution in [0.1, 0.15) is 16.7 Å². The largest absolute Gasteiger partial charge is 0.349 e. The Balaban J connectivity index is 1.71. The summed E-state index contributed by atoms with van der Waals surface area (Å²) in [6.45, 7) is 4.71. The lowest BCUT2D eigenvalue weighted by molar-refractivity contribution is 0.946. The fraction of sp³-hybridized carbons (Fsp3) is 0.176. The maximum Gasteiger partial charge on any atom is 0.244 e. The van der Waals surface area contributed by atoms with Gasteiger partial charge in [-0.2, -0.15) is 10.1 Å². The quantitative estimate of drug-likeness (QED) is 0.753. The Morgan fingerprint density at radius 2 is 2.00 bits per heavy atom. The van der Waals surface area contributed by atoms with Crippen molar-refractivity contribution >= 4 is 17.5 Å². The van der Waals surface area contributed by atoms with E-state index in [4.69, 9.17) is 0 Å². The minimum Gasteiger partial charge on any atom is -0.349 e. The predicted octanol–water partition coefficient (Wildman–Crippen LogP) is 3.24. The van der Waals surface area contributed by atoms with Gasteiger partial charge < -0.3 is 10.6 Å². The maximum atomic E-state index is 4.44. The molecular weight excluding hydrogens is 288 g/mol. The zero-order chi connectivity index (χ0) is 16.1. The topological polar surface area (TPSA) is 75.6 Å². The number of aromatic nitrogens is 4. The zero-order valence-corrected chi connectivity index (χ0v) is 13.1. The fourth-order valence-corrected chi connectivity index (χ4v) is 2.13. The number of anilines is 3. The first-order valence-corrected chi connectivity index (χ1v) is 7.37. The van der Waals surface area contributed by atoms with Crippen LogP contribution in [0.25, 0.3) is 0 Å². The van der Waals surface area contributed by atoms with Crippen molar-refractivity contribution in [1.82, 2.24) is 20.2 Å². The van der Waals surface area contributed by atoms with Gasteiger partial charge >= 0.3 is 0 Å². The first-order chi connectivity index (χ1) is 11.2. The Labute approximate surface area is 135 Å². The molecule has 0 atom stereocenters. The van der Waals surface area contributed by atoms with Crippen LogP contribution in [0.4, 0.5) is 17.5 Å². The van der Waals surface area contributed by atoms with Crippen LogP contribution >= 0.6 is 0 Å². The normalized spacial score (nSPS) is 10.3. The van der Waals surface area contributed by atoms with Crippen LogP contribution in [-0.2, 0) is 6.54 Å². The summed E-state index contributed by atoms with van der Waals surface area (Å²) >= 11 is 0. The first kappa shape index (κ1) is 14.9. The highest BCUT2D eigenvalue weighted by Gasteiger charge is 2.04. The van der Waals surface area contributed by atoms with Gasteiger partial charge in [0.15, 0.2) is 5.82 Å². The molecular formula is C17H18N6. The molecule has 0 spiro atoms. The summed E-state index contributed by atoms with van der Waals surface area (Å²) in [6.07, 6.45) is 5.16. The van der Waals surface area contributed by atoms with Crippen molar-refractivity contribution < 1.29 is 0 Å². The monoisotopic (exact) mass is 306 g/mol. The molecule has 0 bridgehead atoms. The van der Waals surface area contributed by atoms with E-state index in [0.29, 0.717) is 18.3 Å². The molecule has 3 rings (SSSR count). The maximum absolute atomic E-state index is 4.44. The lowest BCUT2D eigenvalue weighted by Crippen LogP contribution is -2.06. The molecule has 116 valence electrons. The van der Waals surface area contributed by atoms with Crippen LogP contribution in [0.5, 0.6) is 0 Å². The third-order valence-electron chi connectivity index (χ3n) is 3.39. The van der Waals surface area contributed by atoms with E-state index in [1.54, 1.807) is 18.6 Å². The summed E-state index contributed by atoms with van der Waals surface area (Å²) in [4.78, 5) is 8.52. The number of pyridine rings is 1. The van der Waals surface area contributed by atoms with E-state index in [0.717, 1.165) is 16.8 Å². The van der Waals surface area contributed by atoms with Crippen LogP contribution in [0.3, 0.4) is 0 Å². The Morgan fingerprint density at radius 3 is 2.83 bits per heavy atom. The van der Waals surface area contributed by atoms with E-state index in [9.17, 15) is 0 Å². The smallest absolute Gasteiger partial charge is 0.244 e. The Bertz CT molecular complexity index is 788. The zero-order valence-electron chi connectivity index (χ0n) is 13.1. The Morgan fingerprint density at radius 1 is 1.09 bits per heavy atom. The molecule has 0 aliphatic carbocycles. The van der Waals surface area contributed by atoms with Gasteiger partial charge in [-0.05, 0) is 42.7 Å². The van der Waals surface area contributed by atoms with Gasteiger partial charge in [-0.3, -0.25) is 4.98 Å². The second-order valence-electron chi connectivity index (χ2n) is 5.32. The number of nitrogens with one attached hydrogen (secondary N) is 2. The second kappa shape index (κ2) is 6.83. The van der Waals surface area contributed by atoms with Gasteiger partial charge in [0.1, 0.15) is 0 Å². The van der Waals surface area contributed by atoms with E-state index in [-0.39, 0.29) is 0 Å². The molecule has 0 aliphatic heterocycles. The van der Waals surface area contributed by atoms with Gasteiger partial charge in [-0.1, -0.05) is 18.2 Å². The third kappa shape index (κ3) is 4.00. The van der Waals surface area contributed by atoms with Gasteiger partial charge in [-0.15, -0.1) is 5.10 Å². The lowest BCUT2D eigenvalue weighted by atomic mass is 10.1. The number of hydrogen-bond acceptors (Lipinski definition) is 6. The number of aryl methyl sites for hydroxylation is 2. The molecule has 0 unspecified atom stereocenters. The number of benzene rings is 1. The molecule has 23 heavy (non-hydrogen) atoms. The summed E-state index contributed by atoms with van der Waals surface area (Å²) < 4.78 is 0. The van der Waals surface area contributed by atoms with Crippen molar-refractivity contribution in [3.05, 3.63) is 65.6 Å². The average molecular weight is 306 g/mol. The Hall–Kier alpha value is -3.02. The molecule has 0 fully saturated rings. The first-order valence-electron chi connectivity index (χ1n) is 7.37. The van der Waals surface area contributed by atoms with Crippen molar-refractivity contribution in [1.29, 1.82) is 0 Å². The summed E-state index contributed by atoms with van der Waals surface area (Å²) in [7, 11) is 0. The Kier molecular flexibility index (Phi) is 4.42. The van der Waals surface area contributed by atoms with Gasteiger partial charge in [0.25, 0.3) is 0 Å². The van der Waals surface area contributed by atoms with Crippen molar-refractivity contribution in [2.75, 3.05) is 10.6 Å². The van der Waals surface area contributed by atoms with Crippen LogP contribution < -0.4 is 10.6 Å². The molecule has 6 nitrogen and oxygen atoms in total. The highest BCUT2D eigenvalue weighted by atomic mass is 15.3. The molecule has 2 heterocycles. The van der Waals surface area contributed by atoms with Crippen molar-refractivity contribution in [2.24, 2.45) is 0 Å². The van der Waals surface area contributed by atoms with Crippen LogP contribution in [0.15, 0.2) is 48.9 Å². The number of nitrogens with zero attached hydrogens (tertiary/aromatic N) is 4. The van der Waals surface area contributed by atoms with Gasteiger partial charge in [0.05, 0.1) is 6.20 Å². The SMILES string of the molecule is Cc1ccc(C)c(Nc2cnnc(NCc3cccnc3)n2)c1. The molecule has 1 aromatic carbocycles. The average Bonchev–Trinajstić information content (AvgIpc) is 2.58. The molecule has 2 aromatic heterocycles. The van der Waals surface area contributed by atoms with Crippen LogP contribution in [0, 0.1) is 13.8 Å². The lowest BCUT2D eigenvalue weighted by Gasteiger charge is -2.10. The summed E-state index contributed by atoms with van der Waals surface area (Å²) in [5, 5.41) is 14.4. The standard InChI is InChI=1S/C17H18N6/c1-12-5-6-13(2)15(8-12)21-16-11-20-23-17(22-16)19-10-14-4-3-7-18-9-14/h3-9,11H,10H2,1-2H3,(H2,19,21,22,23). The molecule has 6 heteroatoms. The predicted molar refractivity (Wildman–Crippen MR) is 90.6 cm³/mol. The number of rotatable bonds is 5. The second-order valence-corrected chi connectivity index (χ2v) is 5.32. The molecule has 0 amide bonds. The molecule has 0 saturated heterocycles. The highest BCUT2D eigenvalue weighted by molar-refractivity contribution is 5.61. The molecule has 0 aliphatic rings. The number of hydrogen-bond donors (Lipinski definition) is 2. The van der Waals surface area contributed by atoms with Gasteiger partial charge in [-0.25, -0.2) is 0 Å². The molecule has 2 N–H and O–H groups in total. The van der Waals surface area contributed by atoms with E-state index in [1.165, 1.54) is 5.56 Å². The molecule has 0 radical (unpaired) electrons. The van der Waals surface area contributed by atoms with Crippen molar-refractivity contribution in [3.63, 3.8) is 0 Å². The summed E-state index contributed by atoms with van der Waals surface area (Å²) in [5.41, 5.74) is 4.42. The van der Waals surface area contributed by atoms with Crippen molar-refractivity contribution in [3.8, 4) is 0 Å². The highest BCUT2D eigenvalue weighted by Crippen LogP contribution is 2.20. The minimum atomic E-state index is 0.476. The van der Waals surface area contributed by atoms with E-state index >= 15 is 0 Å². The van der Waals surface area contributed by atoms with Gasteiger partial charge in [0.2, 0.25) is 5.95 Å². The van der Waals surface area contributed by atoms with E-state index in [2.05, 4.69) is 62.8 Å². The summed E-state index contributed by atoms with van der Waals surface area (Å²) in [5.74, 6) is 1.13. The van der Waals surface area contributed by atoms with Crippen LogP contribution in [0.2, 0.25) is 0 Å². The van der Waals surface area contributed by atoms with E-state index < -0.39 is 0 Å².